The highest BCUT2D eigenvalue weighted by Gasteiger charge is 2.17. The van der Waals surface area contributed by atoms with Crippen LogP contribution in [0.3, 0.4) is 0 Å². The van der Waals surface area contributed by atoms with Gasteiger partial charge in [-0.2, -0.15) is 0 Å². The van der Waals surface area contributed by atoms with Crippen LogP contribution in [0.1, 0.15) is 76.3 Å². The zero-order chi connectivity index (χ0) is 15.7. The second kappa shape index (κ2) is 9.82. The molecular formula is C17H26F3N. The van der Waals surface area contributed by atoms with E-state index in [1.165, 1.54) is 38.2 Å². The molecule has 120 valence electrons. The number of unbranched alkanes of at least 4 members (excludes halogenated alkanes) is 7. The Morgan fingerprint density at radius 2 is 1.43 bits per heavy atom. The lowest BCUT2D eigenvalue weighted by molar-refractivity contribution is 0.430. The molecule has 0 radical (unpaired) electrons. The van der Waals surface area contributed by atoms with E-state index < -0.39 is 23.5 Å². The Kier molecular flexibility index (Phi) is 8.43. The van der Waals surface area contributed by atoms with Crippen LogP contribution in [-0.4, -0.2) is 0 Å². The Bertz CT molecular complexity index is 421. The molecule has 0 spiro atoms. The van der Waals surface area contributed by atoms with Crippen LogP contribution in [0.5, 0.6) is 0 Å². The van der Waals surface area contributed by atoms with Gasteiger partial charge < -0.3 is 5.73 Å². The summed E-state index contributed by atoms with van der Waals surface area (Å²) < 4.78 is 39.5. The summed E-state index contributed by atoms with van der Waals surface area (Å²) in [7, 11) is 0. The standard InChI is InChI=1S/C17H26F3N/c1-2-3-4-5-6-7-8-9-10-15(21)13-11-12-14(18)17(20)16(13)19/h11-12,15H,2-10,21H2,1H3. The molecule has 0 amide bonds. The SMILES string of the molecule is CCCCCCCCCCC(N)c1ccc(F)c(F)c1F. The van der Waals surface area contributed by atoms with Crippen molar-refractivity contribution in [2.24, 2.45) is 5.73 Å². The lowest BCUT2D eigenvalue weighted by Gasteiger charge is -2.13. The van der Waals surface area contributed by atoms with Crippen molar-refractivity contribution in [3.05, 3.63) is 35.1 Å². The van der Waals surface area contributed by atoms with Crippen LogP contribution in [-0.2, 0) is 0 Å². The van der Waals surface area contributed by atoms with Crippen molar-refractivity contribution in [3.63, 3.8) is 0 Å². The molecule has 0 aliphatic heterocycles. The highest BCUT2D eigenvalue weighted by atomic mass is 19.2. The summed E-state index contributed by atoms with van der Waals surface area (Å²) in [6.07, 6.45) is 9.98. The molecule has 0 aromatic heterocycles. The van der Waals surface area contributed by atoms with Gasteiger partial charge in [0.15, 0.2) is 17.5 Å². The van der Waals surface area contributed by atoms with E-state index in [2.05, 4.69) is 6.92 Å². The van der Waals surface area contributed by atoms with Crippen LogP contribution in [0, 0.1) is 17.5 Å². The molecule has 1 aromatic rings. The summed E-state index contributed by atoms with van der Waals surface area (Å²) >= 11 is 0. The lowest BCUT2D eigenvalue weighted by atomic mass is 9.99. The third-order valence-corrected chi connectivity index (χ3v) is 3.83. The van der Waals surface area contributed by atoms with Gasteiger partial charge in [-0.05, 0) is 12.5 Å². The molecule has 0 aliphatic carbocycles. The van der Waals surface area contributed by atoms with Gasteiger partial charge in [-0.1, -0.05) is 64.4 Å². The van der Waals surface area contributed by atoms with Crippen molar-refractivity contribution in [1.82, 2.24) is 0 Å². The highest BCUT2D eigenvalue weighted by molar-refractivity contribution is 5.23. The average molecular weight is 301 g/mol. The van der Waals surface area contributed by atoms with Crippen molar-refractivity contribution < 1.29 is 13.2 Å². The molecule has 0 aliphatic rings. The number of rotatable bonds is 10. The van der Waals surface area contributed by atoms with E-state index in [0.717, 1.165) is 25.3 Å². The molecule has 4 heteroatoms. The quantitative estimate of drug-likeness (QED) is 0.439. The second-order valence-corrected chi connectivity index (χ2v) is 5.63. The summed E-state index contributed by atoms with van der Waals surface area (Å²) in [5, 5.41) is 0. The maximum atomic E-state index is 13.6. The molecule has 1 atom stereocenters. The molecular weight excluding hydrogens is 275 g/mol. The molecule has 0 saturated heterocycles. The average Bonchev–Trinajstić information content (AvgIpc) is 2.47. The van der Waals surface area contributed by atoms with Gasteiger partial charge in [0.2, 0.25) is 0 Å². The van der Waals surface area contributed by atoms with Crippen molar-refractivity contribution >= 4 is 0 Å². The lowest BCUT2D eigenvalue weighted by Crippen LogP contribution is -2.13. The van der Waals surface area contributed by atoms with Crippen molar-refractivity contribution in [2.75, 3.05) is 0 Å². The maximum absolute atomic E-state index is 13.6. The Morgan fingerprint density at radius 3 is 2.05 bits per heavy atom. The number of hydrogen-bond acceptors (Lipinski definition) is 1. The fourth-order valence-electron chi connectivity index (χ4n) is 2.48. The molecule has 0 bridgehead atoms. The van der Waals surface area contributed by atoms with Gasteiger partial charge in [-0.25, -0.2) is 13.2 Å². The van der Waals surface area contributed by atoms with E-state index in [1.54, 1.807) is 0 Å². The van der Waals surface area contributed by atoms with Crippen LogP contribution in [0.15, 0.2) is 12.1 Å². The summed E-state index contributed by atoms with van der Waals surface area (Å²) in [6, 6.07) is 1.60. The number of halogens is 3. The summed E-state index contributed by atoms with van der Waals surface area (Å²) in [4.78, 5) is 0. The molecule has 1 unspecified atom stereocenters. The summed E-state index contributed by atoms with van der Waals surface area (Å²) in [6.45, 7) is 2.19. The molecule has 1 rings (SSSR count). The molecule has 2 N–H and O–H groups in total. The first-order valence-corrected chi connectivity index (χ1v) is 7.96. The Morgan fingerprint density at radius 1 is 0.857 bits per heavy atom. The minimum atomic E-state index is -1.43. The van der Waals surface area contributed by atoms with Gasteiger partial charge in [-0.15, -0.1) is 0 Å². The van der Waals surface area contributed by atoms with Crippen LogP contribution in [0.2, 0.25) is 0 Å². The van der Waals surface area contributed by atoms with Crippen molar-refractivity contribution in [1.29, 1.82) is 0 Å². The first-order valence-electron chi connectivity index (χ1n) is 7.96. The fraction of sp³-hybridized carbons (Fsp3) is 0.647. The van der Waals surface area contributed by atoms with Gasteiger partial charge >= 0.3 is 0 Å². The van der Waals surface area contributed by atoms with Crippen LogP contribution >= 0.6 is 0 Å². The van der Waals surface area contributed by atoms with Gasteiger partial charge in [0.05, 0.1) is 0 Å². The van der Waals surface area contributed by atoms with Gasteiger partial charge in [0.1, 0.15) is 0 Å². The molecule has 0 heterocycles. The van der Waals surface area contributed by atoms with Gasteiger partial charge in [-0.3, -0.25) is 0 Å². The summed E-state index contributed by atoms with van der Waals surface area (Å²) in [5.41, 5.74) is 5.93. The predicted molar refractivity (Wildman–Crippen MR) is 80.5 cm³/mol. The van der Waals surface area contributed by atoms with Crippen LogP contribution < -0.4 is 5.73 Å². The van der Waals surface area contributed by atoms with E-state index in [0.29, 0.717) is 6.42 Å². The van der Waals surface area contributed by atoms with Gasteiger partial charge in [0, 0.05) is 11.6 Å². The minimum absolute atomic E-state index is 0.0665. The third-order valence-electron chi connectivity index (χ3n) is 3.83. The molecule has 0 fully saturated rings. The molecule has 0 saturated carbocycles. The molecule has 1 aromatic carbocycles. The smallest absolute Gasteiger partial charge is 0.194 e. The van der Waals surface area contributed by atoms with E-state index in [-0.39, 0.29) is 5.56 Å². The second-order valence-electron chi connectivity index (χ2n) is 5.63. The highest BCUT2D eigenvalue weighted by Crippen LogP contribution is 2.24. The largest absolute Gasteiger partial charge is 0.324 e. The van der Waals surface area contributed by atoms with Crippen LogP contribution in [0.4, 0.5) is 13.2 Å². The van der Waals surface area contributed by atoms with E-state index in [4.69, 9.17) is 5.73 Å². The Balaban J connectivity index is 2.25. The Labute approximate surface area is 125 Å². The monoisotopic (exact) mass is 301 g/mol. The summed E-state index contributed by atoms with van der Waals surface area (Å²) in [5.74, 6) is -3.75. The molecule has 21 heavy (non-hydrogen) atoms. The zero-order valence-corrected chi connectivity index (χ0v) is 12.8. The minimum Gasteiger partial charge on any atom is -0.324 e. The Hall–Kier alpha value is -1.03. The van der Waals surface area contributed by atoms with E-state index in [9.17, 15) is 13.2 Å². The predicted octanol–water partition coefficient (Wildman–Crippen LogP) is 5.63. The normalized spacial score (nSPS) is 12.6. The maximum Gasteiger partial charge on any atom is 0.194 e. The first kappa shape index (κ1) is 18.0. The van der Waals surface area contributed by atoms with Crippen molar-refractivity contribution in [2.45, 2.75) is 70.8 Å². The van der Waals surface area contributed by atoms with E-state index in [1.807, 2.05) is 0 Å². The number of benzene rings is 1. The molecule has 1 nitrogen and oxygen atoms in total. The number of nitrogens with two attached hydrogens (primary N) is 1. The zero-order valence-electron chi connectivity index (χ0n) is 12.8. The van der Waals surface area contributed by atoms with E-state index >= 15 is 0 Å². The topological polar surface area (TPSA) is 26.0 Å². The third kappa shape index (κ3) is 6.08. The fourth-order valence-corrected chi connectivity index (χ4v) is 2.48. The van der Waals surface area contributed by atoms with Crippen LogP contribution in [0.25, 0.3) is 0 Å². The van der Waals surface area contributed by atoms with Crippen molar-refractivity contribution in [3.8, 4) is 0 Å². The first-order chi connectivity index (χ1) is 10.1. The van der Waals surface area contributed by atoms with Gasteiger partial charge in [0.25, 0.3) is 0 Å². The number of hydrogen-bond donors (Lipinski definition) is 1.